The first kappa shape index (κ1) is 31.5. The van der Waals surface area contributed by atoms with E-state index in [0.29, 0.717) is 35.8 Å². The van der Waals surface area contributed by atoms with E-state index in [9.17, 15) is 0 Å². The lowest BCUT2D eigenvalue weighted by Gasteiger charge is -2.50. The van der Waals surface area contributed by atoms with Crippen molar-refractivity contribution in [3.05, 3.63) is 130 Å². The van der Waals surface area contributed by atoms with E-state index in [1.165, 1.54) is 102 Å². The monoisotopic (exact) mass is 662 g/mol. The van der Waals surface area contributed by atoms with Gasteiger partial charge in [-0.3, -0.25) is 0 Å². The standard InChI is InChI=1S/C48H58N2/c1-32-42(33-14-5-2-6-15-33)30-38(31-43(32)34-16-7-3-8-17-34)50-46-23-13-21-40(46)44-28-35(25-27-47(44)50)36-24-26-41-39-20-11-12-22-45(39)49(48(41)29-36)37-18-9-4-10-19-37/h5,7,9,11,13-16,18-21,28-29,32,34,36,38,41-44,47H,2-4,6,8,10,12,17,22-27,30-31H2,1H3. The third kappa shape index (κ3) is 5.25. The average Bonchev–Trinajstić information content (AvgIpc) is 3.87. The summed E-state index contributed by atoms with van der Waals surface area (Å²) in [6, 6.07) is 1.31. The fourth-order valence-electron chi connectivity index (χ4n) is 12.6. The van der Waals surface area contributed by atoms with E-state index in [1.54, 1.807) is 39.4 Å². The number of rotatable bonds is 5. The maximum absolute atomic E-state index is 3.07. The first-order valence-corrected chi connectivity index (χ1v) is 20.9. The minimum absolute atomic E-state index is 0.571. The summed E-state index contributed by atoms with van der Waals surface area (Å²) in [5, 5.41) is 0. The van der Waals surface area contributed by atoms with Crippen LogP contribution >= 0.6 is 0 Å². The van der Waals surface area contributed by atoms with E-state index in [2.05, 4.69) is 102 Å². The van der Waals surface area contributed by atoms with Gasteiger partial charge in [-0.1, -0.05) is 91.5 Å². The van der Waals surface area contributed by atoms with Gasteiger partial charge in [0.2, 0.25) is 0 Å². The molecule has 0 N–H and O–H groups in total. The molecule has 0 spiro atoms. The molecule has 260 valence electrons. The summed E-state index contributed by atoms with van der Waals surface area (Å²) < 4.78 is 0. The van der Waals surface area contributed by atoms with E-state index in [4.69, 9.17) is 0 Å². The van der Waals surface area contributed by atoms with Crippen molar-refractivity contribution in [1.82, 2.24) is 9.80 Å². The Morgan fingerprint density at radius 2 is 1.58 bits per heavy atom. The number of fused-ring (bicyclic) bond motifs is 4. The lowest BCUT2D eigenvalue weighted by Crippen LogP contribution is -2.49. The van der Waals surface area contributed by atoms with Gasteiger partial charge in [0, 0.05) is 53.1 Å². The molecule has 10 rings (SSSR count). The fraction of sp³-hybridized carbons (Fsp3) is 0.542. The third-order valence-corrected chi connectivity index (χ3v) is 14.9. The maximum atomic E-state index is 3.07. The maximum Gasteiger partial charge on any atom is 0.0412 e. The van der Waals surface area contributed by atoms with Crippen molar-refractivity contribution < 1.29 is 0 Å². The molecule has 2 heteroatoms. The Hall–Kier alpha value is -3.26. The van der Waals surface area contributed by atoms with Gasteiger partial charge in [0.1, 0.15) is 0 Å². The second kappa shape index (κ2) is 13.1. The molecule has 2 aliphatic heterocycles. The van der Waals surface area contributed by atoms with Crippen LogP contribution in [0, 0.1) is 41.4 Å². The molecule has 0 aromatic heterocycles. The van der Waals surface area contributed by atoms with Crippen LogP contribution in [-0.2, 0) is 0 Å². The molecule has 0 radical (unpaired) electrons. The second-order valence-corrected chi connectivity index (χ2v) is 17.4. The zero-order valence-electron chi connectivity index (χ0n) is 30.5. The van der Waals surface area contributed by atoms with Crippen LogP contribution in [0.25, 0.3) is 0 Å². The molecule has 2 heterocycles. The predicted octanol–water partition coefficient (Wildman–Crippen LogP) is 11.9. The SMILES string of the molecule is CC1C(C2=CCCC=C2)CC(N2C3=C(C=CC3)C3C=C(C4C=C5C(CC4)C4=C(CCC=C4)N5C4=CCCC=C4)CCC32)CC1C1C=CCCC1. The first-order chi connectivity index (χ1) is 24.7. The van der Waals surface area contributed by atoms with Crippen molar-refractivity contribution >= 4 is 0 Å². The van der Waals surface area contributed by atoms with Crippen molar-refractivity contribution in [1.29, 1.82) is 0 Å². The summed E-state index contributed by atoms with van der Waals surface area (Å²) in [5.74, 6) is 4.74. The van der Waals surface area contributed by atoms with Gasteiger partial charge in [0.05, 0.1) is 0 Å². The minimum atomic E-state index is 0.571. The zero-order chi connectivity index (χ0) is 33.2. The van der Waals surface area contributed by atoms with Crippen molar-refractivity contribution in [3.8, 4) is 0 Å². The number of allylic oxidation sites excluding steroid dienone is 17. The fourth-order valence-corrected chi connectivity index (χ4v) is 12.6. The molecule has 0 saturated heterocycles. The molecule has 50 heavy (non-hydrogen) atoms. The molecular formula is C48H58N2. The van der Waals surface area contributed by atoms with Crippen molar-refractivity contribution in [2.24, 2.45) is 41.4 Å². The van der Waals surface area contributed by atoms with Gasteiger partial charge in [0.15, 0.2) is 0 Å². The molecule has 9 unspecified atom stereocenters. The van der Waals surface area contributed by atoms with Crippen molar-refractivity contribution in [2.45, 2.75) is 122 Å². The van der Waals surface area contributed by atoms with Gasteiger partial charge in [-0.2, -0.15) is 0 Å². The Morgan fingerprint density at radius 1 is 0.700 bits per heavy atom. The predicted molar refractivity (Wildman–Crippen MR) is 207 cm³/mol. The zero-order valence-corrected chi connectivity index (χ0v) is 30.5. The molecule has 2 nitrogen and oxygen atoms in total. The minimum Gasteiger partial charge on any atom is -0.367 e. The topological polar surface area (TPSA) is 6.48 Å². The van der Waals surface area contributed by atoms with Crippen LogP contribution in [0.15, 0.2) is 130 Å². The smallest absolute Gasteiger partial charge is 0.0412 e. The molecule has 8 aliphatic carbocycles. The van der Waals surface area contributed by atoms with Gasteiger partial charge in [0.25, 0.3) is 0 Å². The van der Waals surface area contributed by atoms with Crippen LogP contribution in [0.4, 0.5) is 0 Å². The second-order valence-electron chi connectivity index (χ2n) is 17.4. The molecule has 0 aromatic carbocycles. The summed E-state index contributed by atoms with van der Waals surface area (Å²) >= 11 is 0. The van der Waals surface area contributed by atoms with E-state index >= 15 is 0 Å². The summed E-state index contributed by atoms with van der Waals surface area (Å²) in [4.78, 5) is 5.78. The van der Waals surface area contributed by atoms with Gasteiger partial charge in [-0.25, -0.2) is 0 Å². The Kier molecular flexibility index (Phi) is 8.22. The summed E-state index contributed by atoms with van der Waals surface area (Å²) in [6.45, 7) is 2.62. The van der Waals surface area contributed by atoms with Gasteiger partial charge in [-0.05, 0) is 149 Å². The Balaban J connectivity index is 0.953. The molecule has 0 bridgehead atoms. The Morgan fingerprint density at radius 3 is 2.42 bits per heavy atom. The summed E-state index contributed by atoms with van der Waals surface area (Å²) in [7, 11) is 0. The molecule has 1 saturated carbocycles. The average molecular weight is 663 g/mol. The molecule has 9 atom stereocenters. The molecule has 0 aromatic rings. The van der Waals surface area contributed by atoms with Gasteiger partial charge in [-0.15, -0.1) is 0 Å². The van der Waals surface area contributed by atoms with Crippen LogP contribution in [0.2, 0.25) is 0 Å². The van der Waals surface area contributed by atoms with Crippen molar-refractivity contribution in [2.75, 3.05) is 0 Å². The molecule has 0 amide bonds. The third-order valence-electron chi connectivity index (χ3n) is 14.9. The quantitative estimate of drug-likeness (QED) is 0.270. The highest BCUT2D eigenvalue weighted by Crippen LogP contribution is 2.55. The lowest BCUT2D eigenvalue weighted by molar-refractivity contribution is 0.0476. The highest BCUT2D eigenvalue weighted by atomic mass is 15.2. The van der Waals surface area contributed by atoms with Gasteiger partial charge >= 0.3 is 0 Å². The summed E-state index contributed by atoms with van der Waals surface area (Å²) in [5.41, 5.74) is 13.0. The normalized spacial score (nSPS) is 38.9. The molecule has 1 fully saturated rings. The van der Waals surface area contributed by atoms with E-state index in [1.807, 2.05) is 0 Å². The van der Waals surface area contributed by atoms with Crippen LogP contribution in [0.1, 0.15) is 110 Å². The number of hydrogen-bond donors (Lipinski definition) is 0. The largest absolute Gasteiger partial charge is 0.367 e. The Bertz CT molecular complexity index is 1740. The van der Waals surface area contributed by atoms with Crippen LogP contribution in [0.5, 0.6) is 0 Å². The van der Waals surface area contributed by atoms with Crippen LogP contribution in [-0.4, -0.2) is 21.9 Å². The van der Waals surface area contributed by atoms with Crippen LogP contribution < -0.4 is 0 Å². The van der Waals surface area contributed by atoms with Crippen molar-refractivity contribution in [3.63, 3.8) is 0 Å². The Labute approximate surface area is 302 Å². The van der Waals surface area contributed by atoms with E-state index in [-0.39, 0.29) is 0 Å². The highest BCUT2D eigenvalue weighted by molar-refractivity contribution is 5.51. The summed E-state index contributed by atoms with van der Waals surface area (Å²) in [6.07, 6.45) is 55.8. The molecular weight excluding hydrogens is 605 g/mol. The number of hydrogen-bond acceptors (Lipinski definition) is 2. The van der Waals surface area contributed by atoms with E-state index < -0.39 is 0 Å². The molecule has 10 aliphatic rings. The lowest BCUT2D eigenvalue weighted by atomic mass is 9.62. The van der Waals surface area contributed by atoms with Crippen LogP contribution in [0.3, 0.4) is 0 Å². The highest BCUT2D eigenvalue weighted by Gasteiger charge is 2.49. The van der Waals surface area contributed by atoms with Gasteiger partial charge < -0.3 is 9.80 Å². The van der Waals surface area contributed by atoms with E-state index in [0.717, 1.165) is 24.2 Å². The number of nitrogens with zero attached hydrogens (tertiary/aromatic N) is 2. The first-order valence-electron chi connectivity index (χ1n) is 20.9.